The van der Waals surface area contributed by atoms with Gasteiger partial charge in [0, 0.05) is 18.2 Å². The van der Waals surface area contributed by atoms with Gasteiger partial charge in [-0.1, -0.05) is 24.9 Å². The Kier molecular flexibility index (Phi) is 6.56. The van der Waals surface area contributed by atoms with E-state index in [-0.39, 0.29) is 6.61 Å². The van der Waals surface area contributed by atoms with Crippen LogP contribution in [0.2, 0.25) is 5.02 Å². The van der Waals surface area contributed by atoms with Crippen LogP contribution in [0.1, 0.15) is 31.7 Å². The number of nitrogens with one attached hydrogen (secondary N) is 1. The van der Waals surface area contributed by atoms with Gasteiger partial charge in [-0.3, -0.25) is 0 Å². The maximum absolute atomic E-state index is 9.03. The van der Waals surface area contributed by atoms with Crippen molar-refractivity contribution in [3.8, 4) is 6.07 Å². The van der Waals surface area contributed by atoms with Gasteiger partial charge in [0.05, 0.1) is 11.3 Å². The van der Waals surface area contributed by atoms with Crippen LogP contribution < -0.4 is 5.32 Å². The minimum absolute atomic E-state index is 0.206. The summed E-state index contributed by atoms with van der Waals surface area (Å²) in [7, 11) is 0. The summed E-state index contributed by atoms with van der Waals surface area (Å²) >= 11 is 5.85. The number of aliphatic hydroxyl groups is 1. The Hall–Kier alpha value is -1.24. The van der Waals surface area contributed by atoms with E-state index >= 15 is 0 Å². The number of nitriles is 1. The van der Waals surface area contributed by atoms with Crippen LogP contribution in [-0.2, 0) is 0 Å². The maximum Gasteiger partial charge on any atom is 0.101 e. The maximum atomic E-state index is 9.03. The van der Waals surface area contributed by atoms with Crippen LogP contribution in [0.25, 0.3) is 0 Å². The lowest BCUT2D eigenvalue weighted by Gasteiger charge is -2.17. The van der Waals surface area contributed by atoms with Crippen LogP contribution in [0.15, 0.2) is 18.2 Å². The Morgan fingerprint density at radius 1 is 1.44 bits per heavy atom. The number of aliphatic hydroxyl groups excluding tert-OH is 1. The van der Waals surface area contributed by atoms with Crippen LogP contribution in [0.4, 0.5) is 5.69 Å². The van der Waals surface area contributed by atoms with Crippen molar-refractivity contribution in [1.82, 2.24) is 0 Å². The number of halogens is 1. The van der Waals surface area contributed by atoms with E-state index in [2.05, 4.69) is 18.3 Å². The summed E-state index contributed by atoms with van der Waals surface area (Å²) in [5, 5.41) is 21.9. The van der Waals surface area contributed by atoms with Gasteiger partial charge >= 0.3 is 0 Å². The number of benzene rings is 1. The first-order valence-electron chi connectivity index (χ1n) is 6.25. The SMILES string of the molecule is CCCC(CCO)CNc1ccc(Cl)cc1C#N. The standard InChI is InChI=1S/C14H19ClN2O/c1-2-3-11(6-7-18)10-17-14-5-4-13(15)8-12(14)9-16/h4-5,8,11,17-18H,2-3,6-7,10H2,1H3. The summed E-state index contributed by atoms with van der Waals surface area (Å²) < 4.78 is 0. The van der Waals surface area contributed by atoms with E-state index in [1.165, 1.54) is 0 Å². The van der Waals surface area contributed by atoms with Crippen LogP contribution >= 0.6 is 11.6 Å². The average molecular weight is 267 g/mol. The topological polar surface area (TPSA) is 56.0 Å². The molecule has 0 fully saturated rings. The first-order chi connectivity index (χ1) is 8.71. The molecule has 0 saturated carbocycles. The van der Waals surface area contributed by atoms with Crippen molar-refractivity contribution >= 4 is 17.3 Å². The molecule has 1 aromatic rings. The molecule has 3 nitrogen and oxygen atoms in total. The molecule has 0 heterocycles. The fourth-order valence-electron chi connectivity index (χ4n) is 1.96. The molecule has 1 aromatic carbocycles. The van der Waals surface area contributed by atoms with Gasteiger partial charge in [0.25, 0.3) is 0 Å². The second-order valence-electron chi connectivity index (χ2n) is 4.35. The molecule has 2 N–H and O–H groups in total. The molecular weight excluding hydrogens is 248 g/mol. The lowest BCUT2D eigenvalue weighted by atomic mass is 10.00. The predicted molar refractivity (Wildman–Crippen MR) is 74.8 cm³/mol. The average Bonchev–Trinajstić information content (AvgIpc) is 2.37. The Morgan fingerprint density at radius 3 is 2.83 bits per heavy atom. The van der Waals surface area contributed by atoms with E-state index in [1.54, 1.807) is 12.1 Å². The molecule has 4 heteroatoms. The van der Waals surface area contributed by atoms with E-state index in [0.29, 0.717) is 16.5 Å². The highest BCUT2D eigenvalue weighted by Crippen LogP contribution is 2.21. The van der Waals surface area contributed by atoms with Crippen molar-refractivity contribution in [2.75, 3.05) is 18.5 Å². The van der Waals surface area contributed by atoms with Crippen LogP contribution in [0.5, 0.6) is 0 Å². The number of rotatable bonds is 7. The third-order valence-electron chi connectivity index (χ3n) is 2.92. The highest BCUT2D eigenvalue weighted by atomic mass is 35.5. The van der Waals surface area contributed by atoms with Crippen LogP contribution in [0, 0.1) is 17.2 Å². The van der Waals surface area contributed by atoms with Gasteiger partial charge < -0.3 is 10.4 Å². The molecule has 0 bridgehead atoms. The lowest BCUT2D eigenvalue weighted by Crippen LogP contribution is -2.16. The van der Waals surface area contributed by atoms with Gasteiger partial charge in [0.2, 0.25) is 0 Å². The summed E-state index contributed by atoms with van der Waals surface area (Å²) in [6.45, 7) is 3.11. The molecule has 0 radical (unpaired) electrons. The highest BCUT2D eigenvalue weighted by molar-refractivity contribution is 6.30. The zero-order valence-electron chi connectivity index (χ0n) is 10.6. The van der Waals surface area contributed by atoms with E-state index in [9.17, 15) is 0 Å². The second kappa shape index (κ2) is 7.97. The lowest BCUT2D eigenvalue weighted by molar-refractivity contribution is 0.255. The molecule has 0 spiro atoms. The van der Waals surface area contributed by atoms with Gasteiger partial charge in [0.15, 0.2) is 0 Å². The van der Waals surface area contributed by atoms with Gasteiger partial charge in [-0.2, -0.15) is 5.26 Å². The molecule has 0 aliphatic heterocycles. The first-order valence-corrected chi connectivity index (χ1v) is 6.63. The smallest absolute Gasteiger partial charge is 0.101 e. The van der Waals surface area contributed by atoms with Crippen LogP contribution in [-0.4, -0.2) is 18.3 Å². The largest absolute Gasteiger partial charge is 0.396 e. The van der Waals surface area contributed by atoms with Gasteiger partial charge in [-0.25, -0.2) is 0 Å². The zero-order valence-corrected chi connectivity index (χ0v) is 11.4. The van der Waals surface area contributed by atoms with Crippen molar-refractivity contribution < 1.29 is 5.11 Å². The molecule has 1 rings (SSSR count). The van der Waals surface area contributed by atoms with E-state index < -0.39 is 0 Å². The molecule has 0 saturated heterocycles. The Bertz CT molecular complexity index is 409. The van der Waals surface area contributed by atoms with Crippen molar-refractivity contribution in [3.63, 3.8) is 0 Å². The molecule has 0 aromatic heterocycles. The Labute approximate surface area is 113 Å². The van der Waals surface area contributed by atoms with Gasteiger partial charge in [-0.05, 0) is 37.0 Å². The van der Waals surface area contributed by atoms with Gasteiger partial charge in [-0.15, -0.1) is 0 Å². The molecule has 0 aliphatic carbocycles. The summed E-state index contributed by atoms with van der Waals surface area (Å²) in [6.07, 6.45) is 2.96. The fraction of sp³-hybridized carbons (Fsp3) is 0.500. The van der Waals surface area contributed by atoms with E-state index in [1.807, 2.05) is 6.07 Å². The van der Waals surface area contributed by atoms with Crippen molar-refractivity contribution in [2.45, 2.75) is 26.2 Å². The summed E-state index contributed by atoms with van der Waals surface area (Å²) in [6, 6.07) is 7.38. The Morgan fingerprint density at radius 2 is 2.22 bits per heavy atom. The highest BCUT2D eigenvalue weighted by Gasteiger charge is 2.09. The fourth-order valence-corrected chi connectivity index (χ4v) is 2.13. The molecule has 1 atom stereocenters. The predicted octanol–water partition coefficient (Wildman–Crippen LogP) is 3.42. The summed E-state index contributed by atoms with van der Waals surface area (Å²) in [4.78, 5) is 0. The number of hydrogen-bond donors (Lipinski definition) is 2. The van der Waals surface area contributed by atoms with Crippen molar-refractivity contribution in [3.05, 3.63) is 28.8 Å². The van der Waals surface area contributed by atoms with Crippen molar-refractivity contribution in [2.24, 2.45) is 5.92 Å². The monoisotopic (exact) mass is 266 g/mol. The normalized spacial score (nSPS) is 11.9. The van der Waals surface area contributed by atoms with E-state index in [0.717, 1.165) is 31.5 Å². The number of nitrogens with zero attached hydrogens (tertiary/aromatic N) is 1. The number of anilines is 1. The third-order valence-corrected chi connectivity index (χ3v) is 3.15. The molecular formula is C14H19ClN2O. The van der Waals surface area contributed by atoms with Crippen molar-refractivity contribution in [1.29, 1.82) is 5.26 Å². The minimum Gasteiger partial charge on any atom is -0.396 e. The van der Waals surface area contributed by atoms with Gasteiger partial charge in [0.1, 0.15) is 6.07 Å². The van der Waals surface area contributed by atoms with E-state index in [4.69, 9.17) is 22.0 Å². The molecule has 1 unspecified atom stereocenters. The second-order valence-corrected chi connectivity index (χ2v) is 4.79. The summed E-state index contributed by atoms with van der Waals surface area (Å²) in [5.74, 6) is 0.433. The number of hydrogen-bond acceptors (Lipinski definition) is 3. The zero-order chi connectivity index (χ0) is 13.4. The summed E-state index contributed by atoms with van der Waals surface area (Å²) in [5.41, 5.74) is 1.36. The molecule has 18 heavy (non-hydrogen) atoms. The van der Waals surface area contributed by atoms with Crippen LogP contribution in [0.3, 0.4) is 0 Å². The molecule has 98 valence electrons. The third kappa shape index (κ3) is 4.56. The Balaban J connectivity index is 2.64. The molecule has 0 amide bonds. The quantitative estimate of drug-likeness (QED) is 0.795. The molecule has 0 aliphatic rings. The minimum atomic E-state index is 0.206. The first kappa shape index (κ1) is 14.8.